The van der Waals surface area contributed by atoms with E-state index >= 15 is 0 Å². The van der Waals surface area contributed by atoms with E-state index in [2.05, 4.69) is 5.32 Å². The Labute approximate surface area is 108 Å². The molecule has 0 aliphatic carbocycles. The number of rotatable bonds is 5. The molecule has 0 aliphatic rings. The zero-order chi connectivity index (χ0) is 14.3. The summed E-state index contributed by atoms with van der Waals surface area (Å²) >= 11 is 0. The molecule has 0 bridgehead atoms. The molecular formula is C12H12F3N3O. The molecule has 19 heavy (non-hydrogen) atoms. The molecular weight excluding hydrogens is 259 g/mol. The Kier molecular flexibility index (Phi) is 5.33. The van der Waals surface area contributed by atoms with Crippen LogP contribution in [0.4, 0.5) is 18.9 Å². The molecule has 1 aromatic rings. The fraction of sp³-hybridized carbons (Fsp3) is 0.333. The molecule has 0 saturated carbocycles. The van der Waals surface area contributed by atoms with Crippen LogP contribution in [0.1, 0.15) is 5.56 Å². The van der Waals surface area contributed by atoms with Crippen molar-refractivity contribution in [1.82, 2.24) is 5.32 Å². The number of halogens is 3. The molecule has 0 spiro atoms. The Balaban J connectivity index is 2.38. The monoisotopic (exact) mass is 271 g/mol. The van der Waals surface area contributed by atoms with Crippen LogP contribution in [-0.2, 0) is 11.2 Å². The first-order valence-electron chi connectivity index (χ1n) is 5.44. The van der Waals surface area contributed by atoms with E-state index < -0.39 is 25.2 Å². The zero-order valence-electron chi connectivity index (χ0n) is 9.92. The minimum absolute atomic E-state index is 0.265. The number of nitriles is 1. The quantitative estimate of drug-likeness (QED) is 0.858. The molecule has 0 saturated heterocycles. The third-order valence-corrected chi connectivity index (χ3v) is 2.13. The molecule has 0 fully saturated rings. The predicted octanol–water partition coefficient (Wildman–Crippen LogP) is 1.84. The van der Waals surface area contributed by atoms with Crippen molar-refractivity contribution in [3.05, 3.63) is 29.8 Å². The fourth-order valence-corrected chi connectivity index (χ4v) is 1.32. The largest absolute Gasteiger partial charge is 0.401 e. The molecule has 1 amide bonds. The van der Waals surface area contributed by atoms with Crippen LogP contribution in [0.3, 0.4) is 0 Å². The summed E-state index contributed by atoms with van der Waals surface area (Å²) in [6.07, 6.45) is -4.07. The molecule has 1 rings (SSSR count). The average Bonchev–Trinajstić information content (AvgIpc) is 2.30. The zero-order valence-corrected chi connectivity index (χ0v) is 9.92. The Hall–Kier alpha value is -2.07. The van der Waals surface area contributed by atoms with Gasteiger partial charge >= 0.3 is 6.18 Å². The summed E-state index contributed by atoms with van der Waals surface area (Å²) in [6.45, 7) is -1.62. The molecule has 4 nitrogen and oxygen atoms in total. The molecule has 0 atom stereocenters. The van der Waals surface area contributed by atoms with Gasteiger partial charge in [-0.2, -0.15) is 18.4 Å². The Morgan fingerprint density at radius 2 is 1.89 bits per heavy atom. The van der Waals surface area contributed by atoms with Gasteiger partial charge in [-0.3, -0.25) is 4.79 Å². The topological polar surface area (TPSA) is 64.9 Å². The third kappa shape index (κ3) is 6.43. The van der Waals surface area contributed by atoms with Gasteiger partial charge in [0.15, 0.2) is 0 Å². The first-order valence-corrected chi connectivity index (χ1v) is 5.44. The van der Waals surface area contributed by atoms with Gasteiger partial charge in [-0.1, -0.05) is 12.1 Å². The molecule has 0 aliphatic heterocycles. The second-order valence-electron chi connectivity index (χ2n) is 3.80. The summed E-state index contributed by atoms with van der Waals surface area (Å²) in [5, 5.41) is 12.9. The highest BCUT2D eigenvalue weighted by Gasteiger charge is 2.26. The number of amides is 1. The molecule has 7 heteroatoms. The lowest BCUT2D eigenvalue weighted by Gasteiger charge is -2.09. The van der Waals surface area contributed by atoms with E-state index in [4.69, 9.17) is 5.26 Å². The van der Waals surface area contributed by atoms with Crippen LogP contribution in [0.25, 0.3) is 0 Å². The Morgan fingerprint density at radius 3 is 2.42 bits per heavy atom. The molecule has 0 unspecified atom stereocenters. The van der Waals surface area contributed by atoms with Crippen LogP contribution in [0.5, 0.6) is 0 Å². The highest BCUT2D eigenvalue weighted by molar-refractivity contribution is 5.92. The number of benzene rings is 1. The van der Waals surface area contributed by atoms with Crippen molar-refractivity contribution in [3.8, 4) is 6.07 Å². The number of alkyl halides is 3. The van der Waals surface area contributed by atoms with E-state index in [1.807, 2.05) is 11.4 Å². The Bertz CT molecular complexity index is 463. The van der Waals surface area contributed by atoms with Crippen LogP contribution < -0.4 is 10.6 Å². The van der Waals surface area contributed by atoms with Gasteiger partial charge in [0.2, 0.25) is 5.91 Å². The highest BCUT2D eigenvalue weighted by Crippen LogP contribution is 2.12. The van der Waals surface area contributed by atoms with Crippen molar-refractivity contribution in [2.45, 2.75) is 12.6 Å². The lowest BCUT2D eigenvalue weighted by atomic mass is 10.1. The SMILES string of the molecule is N#CCc1ccc(NC(=O)CNCC(F)(F)F)cc1. The van der Waals surface area contributed by atoms with Gasteiger partial charge in [0.1, 0.15) is 0 Å². The number of hydrogen-bond donors (Lipinski definition) is 2. The van der Waals surface area contributed by atoms with Crippen molar-refractivity contribution >= 4 is 11.6 Å². The predicted molar refractivity (Wildman–Crippen MR) is 63.3 cm³/mol. The first kappa shape index (κ1) is 15.0. The van der Waals surface area contributed by atoms with Gasteiger partial charge < -0.3 is 10.6 Å². The summed E-state index contributed by atoms with van der Waals surface area (Å²) in [7, 11) is 0. The van der Waals surface area contributed by atoms with Crippen LogP contribution >= 0.6 is 0 Å². The van der Waals surface area contributed by atoms with Crippen LogP contribution in [0.15, 0.2) is 24.3 Å². The van der Waals surface area contributed by atoms with Gasteiger partial charge in [0, 0.05) is 5.69 Å². The fourth-order valence-electron chi connectivity index (χ4n) is 1.32. The Morgan fingerprint density at radius 1 is 1.26 bits per heavy atom. The van der Waals surface area contributed by atoms with Crippen molar-refractivity contribution in [1.29, 1.82) is 5.26 Å². The van der Waals surface area contributed by atoms with Crippen LogP contribution in [-0.4, -0.2) is 25.2 Å². The van der Waals surface area contributed by atoms with Crippen LogP contribution in [0.2, 0.25) is 0 Å². The standard InChI is InChI=1S/C12H12F3N3O/c13-12(14,15)8-17-7-11(19)18-10-3-1-9(2-4-10)5-6-16/h1-4,17H,5,7-8H2,(H,18,19). The number of carbonyl (C=O) groups excluding carboxylic acids is 1. The van der Waals surface area contributed by atoms with E-state index in [1.165, 1.54) is 0 Å². The number of carbonyl (C=O) groups is 1. The van der Waals surface area contributed by atoms with Crippen LogP contribution in [0, 0.1) is 11.3 Å². The average molecular weight is 271 g/mol. The number of nitrogens with zero attached hydrogens (tertiary/aromatic N) is 1. The minimum Gasteiger partial charge on any atom is -0.325 e. The van der Waals surface area contributed by atoms with Gasteiger partial charge in [-0.05, 0) is 17.7 Å². The minimum atomic E-state index is -4.33. The third-order valence-electron chi connectivity index (χ3n) is 2.13. The summed E-state index contributed by atoms with van der Waals surface area (Å²) in [5.74, 6) is -0.558. The summed E-state index contributed by atoms with van der Waals surface area (Å²) in [5.41, 5.74) is 1.27. The van der Waals surface area contributed by atoms with Crippen molar-refractivity contribution in [3.63, 3.8) is 0 Å². The lowest BCUT2D eigenvalue weighted by Crippen LogP contribution is -2.35. The second kappa shape index (κ2) is 6.75. The number of hydrogen-bond acceptors (Lipinski definition) is 3. The first-order chi connectivity index (χ1) is 8.90. The van der Waals surface area contributed by atoms with Gasteiger partial charge in [-0.15, -0.1) is 0 Å². The smallest absolute Gasteiger partial charge is 0.325 e. The summed E-state index contributed by atoms with van der Waals surface area (Å²) in [6, 6.07) is 8.50. The van der Waals surface area contributed by atoms with E-state index in [-0.39, 0.29) is 6.42 Å². The van der Waals surface area contributed by atoms with Gasteiger partial charge in [0.05, 0.1) is 25.6 Å². The van der Waals surface area contributed by atoms with Crippen molar-refractivity contribution in [2.75, 3.05) is 18.4 Å². The van der Waals surface area contributed by atoms with Crippen molar-refractivity contribution < 1.29 is 18.0 Å². The van der Waals surface area contributed by atoms with Gasteiger partial charge in [-0.25, -0.2) is 0 Å². The molecule has 0 heterocycles. The highest BCUT2D eigenvalue weighted by atomic mass is 19.4. The molecule has 0 radical (unpaired) electrons. The lowest BCUT2D eigenvalue weighted by molar-refractivity contribution is -0.126. The molecule has 0 aromatic heterocycles. The molecule has 2 N–H and O–H groups in total. The molecule has 102 valence electrons. The second-order valence-corrected chi connectivity index (χ2v) is 3.80. The maximum absolute atomic E-state index is 11.8. The molecule has 1 aromatic carbocycles. The summed E-state index contributed by atoms with van der Waals surface area (Å²) < 4.78 is 35.5. The van der Waals surface area contributed by atoms with E-state index in [0.717, 1.165) is 5.56 Å². The van der Waals surface area contributed by atoms with E-state index in [1.54, 1.807) is 24.3 Å². The maximum atomic E-state index is 11.8. The van der Waals surface area contributed by atoms with E-state index in [0.29, 0.717) is 5.69 Å². The van der Waals surface area contributed by atoms with E-state index in [9.17, 15) is 18.0 Å². The number of nitrogens with one attached hydrogen (secondary N) is 2. The van der Waals surface area contributed by atoms with Gasteiger partial charge in [0.25, 0.3) is 0 Å². The normalized spacial score (nSPS) is 10.8. The van der Waals surface area contributed by atoms with Crippen molar-refractivity contribution in [2.24, 2.45) is 0 Å². The summed E-state index contributed by atoms with van der Waals surface area (Å²) in [4.78, 5) is 11.3. The maximum Gasteiger partial charge on any atom is 0.401 e. The number of anilines is 1.